The summed E-state index contributed by atoms with van der Waals surface area (Å²) in [5.41, 5.74) is 2.20. The first-order valence-electron chi connectivity index (χ1n) is 9.98. The van der Waals surface area contributed by atoms with Gasteiger partial charge in [-0.2, -0.15) is 4.98 Å². The lowest BCUT2D eigenvalue weighted by molar-refractivity contribution is -0.148. The molecule has 2 unspecified atom stereocenters. The second kappa shape index (κ2) is 7.80. The van der Waals surface area contributed by atoms with E-state index in [0.29, 0.717) is 24.9 Å². The van der Waals surface area contributed by atoms with Gasteiger partial charge >= 0.3 is 0 Å². The molecule has 0 radical (unpaired) electrons. The molecule has 6 nitrogen and oxygen atoms in total. The van der Waals surface area contributed by atoms with Crippen LogP contribution in [0.4, 0.5) is 0 Å². The molecule has 27 heavy (non-hydrogen) atoms. The summed E-state index contributed by atoms with van der Waals surface area (Å²) in [6, 6.07) is 7.95. The summed E-state index contributed by atoms with van der Waals surface area (Å²) in [6.45, 7) is 5.34. The molecule has 0 aliphatic carbocycles. The topological polar surface area (TPSA) is 68.5 Å². The maximum Gasteiger partial charge on any atom is 0.256 e. The van der Waals surface area contributed by atoms with Gasteiger partial charge in [0.15, 0.2) is 11.9 Å². The minimum Gasteiger partial charge on any atom is -0.363 e. The van der Waals surface area contributed by atoms with Crippen molar-refractivity contribution >= 4 is 5.91 Å². The van der Waals surface area contributed by atoms with Crippen LogP contribution in [0.5, 0.6) is 0 Å². The molecule has 2 aromatic rings. The van der Waals surface area contributed by atoms with Gasteiger partial charge in [0.25, 0.3) is 5.91 Å². The maximum absolute atomic E-state index is 13.5. The molecule has 144 valence electrons. The number of rotatable bonds is 3. The van der Waals surface area contributed by atoms with Gasteiger partial charge in [-0.05, 0) is 30.4 Å². The molecule has 2 aliphatic heterocycles. The van der Waals surface area contributed by atoms with Gasteiger partial charge in [-0.3, -0.25) is 4.79 Å². The van der Waals surface area contributed by atoms with E-state index in [0.717, 1.165) is 37.7 Å². The third-order valence-electron chi connectivity index (χ3n) is 5.50. The van der Waals surface area contributed by atoms with Crippen LogP contribution in [0, 0.1) is 0 Å². The number of hydrogen-bond donors (Lipinski definition) is 0. The first-order valence-corrected chi connectivity index (χ1v) is 9.98. The van der Waals surface area contributed by atoms with Crippen LogP contribution >= 0.6 is 0 Å². The normalized spacial score (nSPS) is 23.1. The number of carbonyl (C=O) groups is 1. The molecule has 1 saturated heterocycles. The average Bonchev–Trinajstić information content (AvgIpc) is 3.06. The fourth-order valence-corrected chi connectivity index (χ4v) is 4.01. The van der Waals surface area contributed by atoms with E-state index < -0.39 is 6.10 Å². The number of carbonyl (C=O) groups excluding carboxylic acids is 1. The standard InChI is InChI=1S/C21H27N3O3/c1-14(2)20-22-19(23-27-20)17-10-4-3-7-12-24(17)21(25)18-16-9-6-5-8-15(16)11-13-26-18/h5-6,8-9,14,17-18H,3-4,7,10-13H2,1-2H3. The molecule has 1 fully saturated rings. The van der Waals surface area contributed by atoms with Gasteiger partial charge in [0, 0.05) is 12.5 Å². The lowest BCUT2D eigenvalue weighted by Gasteiger charge is -2.33. The number of amides is 1. The highest BCUT2D eigenvalue weighted by Crippen LogP contribution is 2.35. The molecule has 3 heterocycles. The molecule has 0 N–H and O–H groups in total. The Labute approximate surface area is 159 Å². The Balaban J connectivity index is 1.64. The predicted molar refractivity (Wildman–Crippen MR) is 100 cm³/mol. The van der Waals surface area contributed by atoms with Crippen LogP contribution in [0.15, 0.2) is 28.8 Å². The van der Waals surface area contributed by atoms with E-state index in [1.807, 2.05) is 36.9 Å². The summed E-state index contributed by atoms with van der Waals surface area (Å²) in [5, 5.41) is 4.20. The van der Waals surface area contributed by atoms with E-state index in [-0.39, 0.29) is 17.9 Å². The summed E-state index contributed by atoms with van der Waals surface area (Å²) < 4.78 is 11.4. The number of likely N-dealkylation sites (tertiary alicyclic amines) is 1. The molecule has 0 spiro atoms. The Morgan fingerprint density at radius 2 is 2.07 bits per heavy atom. The highest BCUT2D eigenvalue weighted by molar-refractivity contribution is 5.83. The molecule has 1 aromatic carbocycles. The zero-order valence-corrected chi connectivity index (χ0v) is 16.1. The van der Waals surface area contributed by atoms with Crippen molar-refractivity contribution in [2.75, 3.05) is 13.2 Å². The number of nitrogens with zero attached hydrogens (tertiary/aromatic N) is 3. The molecular weight excluding hydrogens is 342 g/mol. The Morgan fingerprint density at radius 1 is 1.22 bits per heavy atom. The fraction of sp³-hybridized carbons (Fsp3) is 0.571. The quantitative estimate of drug-likeness (QED) is 0.819. The van der Waals surface area contributed by atoms with E-state index in [1.54, 1.807) is 0 Å². The van der Waals surface area contributed by atoms with Crippen molar-refractivity contribution in [1.82, 2.24) is 15.0 Å². The van der Waals surface area contributed by atoms with E-state index in [9.17, 15) is 4.79 Å². The third kappa shape index (κ3) is 3.63. The third-order valence-corrected chi connectivity index (χ3v) is 5.50. The fourth-order valence-electron chi connectivity index (χ4n) is 4.01. The number of benzene rings is 1. The lowest BCUT2D eigenvalue weighted by atomic mass is 9.96. The summed E-state index contributed by atoms with van der Waals surface area (Å²) >= 11 is 0. The molecule has 2 atom stereocenters. The molecular formula is C21H27N3O3. The van der Waals surface area contributed by atoms with Gasteiger partial charge in [0.05, 0.1) is 12.6 Å². The Hall–Kier alpha value is -2.21. The van der Waals surface area contributed by atoms with Crippen molar-refractivity contribution in [3.05, 3.63) is 47.1 Å². The summed E-state index contributed by atoms with van der Waals surface area (Å²) in [4.78, 5) is 20.0. The van der Waals surface area contributed by atoms with Crippen LogP contribution in [-0.2, 0) is 16.0 Å². The smallest absolute Gasteiger partial charge is 0.256 e. The van der Waals surface area contributed by atoms with E-state index >= 15 is 0 Å². The molecule has 1 aromatic heterocycles. The first-order chi connectivity index (χ1) is 13.1. The maximum atomic E-state index is 13.5. The van der Waals surface area contributed by atoms with Crippen LogP contribution < -0.4 is 0 Å². The van der Waals surface area contributed by atoms with Crippen LogP contribution in [0.2, 0.25) is 0 Å². The van der Waals surface area contributed by atoms with Gasteiger partial charge in [0.2, 0.25) is 5.89 Å². The molecule has 2 aliphatic rings. The second-order valence-electron chi connectivity index (χ2n) is 7.74. The van der Waals surface area contributed by atoms with E-state index in [1.165, 1.54) is 5.56 Å². The molecule has 6 heteroatoms. The number of aromatic nitrogens is 2. The number of ether oxygens (including phenoxy) is 1. The van der Waals surface area contributed by atoms with E-state index in [2.05, 4.69) is 16.2 Å². The summed E-state index contributed by atoms with van der Waals surface area (Å²) in [5.74, 6) is 1.44. The summed E-state index contributed by atoms with van der Waals surface area (Å²) in [7, 11) is 0. The highest BCUT2D eigenvalue weighted by Gasteiger charge is 2.37. The molecule has 4 rings (SSSR count). The Morgan fingerprint density at radius 3 is 2.89 bits per heavy atom. The van der Waals surface area contributed by atoms with Gasteiger partial charge < -0.3 is 14.2 Å². The second-order valence-corrected chi connectivity index (χ2v) is 7.74. The number of hydrogen-bond acceptors (Lipinski definition) is 5. The average molecular weight is 369 g/mol. The highest BCUT2D eigenvalue weighted by atomic mass is 16.5. The van der Waals surface area contributed by atoms with Crippen molar-refractivity contribution in [3.63, 3.8) is 0 Å². The largest absolute Gasteiger partial charge is 0.363 e. The Kier molecular flexibility index (Phi) is 5.25. The van der Waals surface area contributed by atoms with Gasteiger partial charge in [-0.15, -0.1) is 0 Å². The van der Waals surface area contributed by atoms with Gasteiger partial charge in [0.1, 0.15) is 0 Å². The lowest BCUT2D eigenvalue weighted by Crippen LogP contribution is -2.40. The monoisotopic (exact) mass is 369 g/mol. The van der Waals surface area contributed by atoms with Crippen molar-refractivity contribution < 1.29 is 14.1 Å². The minimum atomic E-state index is -0.535. The number of fused-ring (bicyclic) bond motifs is 1. The van der Waals surface area contributed by atoms with Gasteiger partial charge in [-0.25, -0.2) is 0 Å². The van der Waals surface area contributed by atoms with E-state index in [4.69, 9.17) is 9.26 Å². The first kappa shape index (κ1) is 18.2. The summed E-state index contributed by atoms with van der Waals surface area (Å²) in [6.07, 6.45) is 4.33. The van der Waals surface area contributed by atoms with Gasteiger partial charge in [-0.1, -0.05) is 56.1 Å². The van der Waals surface area contributed by atoms with Crippen molar-refractivity contribution in [2.45, 2.75) is 64.0 Å². The van der Waals surface area contributed by atoms with Crippen molar-refractivity contribution in [1.29, 1.82) is 0 Å². The van der Waals surface area contributed by atoms with Crippen molar-refractivity contribution in [2.24, 2.45) is 0 Å². The van der Waals surface area contributed by atoms with Crippen LogP contribution in [0.1, 0.15) is 80.4 Å². The zero-order valence-electron chi connectivity index (χ0n) is 16.1. The predicted octanol–water partition coefficient (Wildman–Crippen LogP) is 3.95. The van der Waals surface area contributed by atoms with Crippen LogP contribution in [0.3, 0.4) is 0 Å². The van der Waals surface area contributed by atoms with Crippen LogP contribution in [0.25, 0.3) is 0 Å². The molecule has 0 bridgehead atoms. The van der Waals surface area contributed by atoms with Crippen molar-refractivity contribution in [3.8, 4) is 0 Å². The van der Waals surface area contributed by atoms with Crippen LogP contribution in [-0.4, -0.2) is 34.1 Å². The minimum absolute atomic E-state index is 0.0185. The SMILES string of the molecule is CC(C)c1nc(C2CCCCCN2C(=O)C2OCCc3ccccc32)no1. The zero-order chi connectivity index (χ0) is 18.8. The molecule has 0 saturated carbocycles. The molecule has 1 amide bonds. The Bertz CT molecular complexity index is 801.